The molecule has 6 nitrogen and oxygen atoms in total. The molecule has 3 aliphatic rings. The van der Waals surface area contributed by atoms with Crippen LogP contribution in [-0.4, -0.2) is 34.8 Å². The minimum atomic E-state index is -0.465. The van der Waals surface area contributed by atoms with E-state index < -0.39 is 11.3 Å². The molecule has 8 heteroatoms. The number of imide groups is 1. The van der Waals surface area contributed by atoms with Gasteiger partial charge in [0.15, 0.2) is 0 Å². The summed E-state index contributed by atoms with van der Waals surface area (Å²) in [5.41, 5.74) is 2.18. The molecule has 0 radical (unpaired) electrons. The molecule has 1 aromatic carbocycles. The molecule has 2 aromatic rings. The molecule has 1 N–H and O–H groups in total. The van der Waals surface area contributed by atoms with Crippen LogP contribution in [0.4, 0.5) is 10.5 Å². The number of thioether (sulfide) groups is 1. The first-order valence-corrected chi connectivity index (χ1v) is 10.3. The number of ether oxygens (including phenoxy) is 1. The molecule has 0 saturated carbocycles. The van der Waals surface area contributed by atoms with Gasteiger partial charge in [-0.15, -0.1) is 11.8 Å². The van der Waals surface area contributed by atoms with Gasteiger partial charge in [0.1, 0.15) is 16.7 Å². The molecule has 5 rings (SSSR count). The van der Waals surface area contributed by atoms with Crippen LogP contribution in [0.1, 0.15) is 17.5 Å². The van der Waals surface area contributed by atoms with Gasteiger partial charge in [-0.05, 0) is 25.0 Å². The van der Waals surface area contributed by atoms with E-state index in [0.29, 0.717) is 23.1 Å². The lowest BCUT2D eigenvalue weighted by Gasteiger charge is -2.34. The average molecular weight is 414 g/mol. The number of aromatic nitrogens is 1. The van der Waals surface area contributed by atoms with E-state index in [0.717, 1.165) is 33.8 Å². The summed E-state index contributed by atoms with van der Waals surface area (Å²) in [6, 6.07) is 6.64. The van der Waals surface area contributed by atoms with Gasteiger partial charge in [0.25, 0.3) is 5.91 Å². The predicted octanol–water partition coefficient (Wildman–Crippen LogP) is 3.64. The minimum Gasteiger partial charge on any atom is -0.491 e. The summed E-state index contributed by atoms with van der Waals surface area (Å²) in [5, 5.41) is 3.09. The summed E-state index contributed by atoms with van der Waals surface area (Å²) in [6.45, 7) is 0.562. The first-order valence-electron chi connectivity index (χ1n) is 9.01. The summed E-state index contributed by atoms with van der Waals surface area (Å²) in [5.74, 6) is 0.298. The maximum Gasteiger partial charge on any atom is 0.329 e. The molecule has 4 heterocycles. The number of urea groups is 1. The number of nitrogens with zero attached hydrogens (tertiary/aromatic N) is 2. The average Bonchev–Trinajstić information content (AvgIpc) is 3.12. The third kappa shape index (κ3) is 2.77. The molecule has 142 valence electrons. The van der Waals surface area contributed by atoms with Gasteiger partial charge in [0.05, 0.1) is 18.8 Å². The van der Waals surface area contributed by atoms with Crippen LogP contribution in [0, 0.1) is 0 Å². The normalized spacial score (nSPS) is 23.5. The van der Waals surface area contributed by atoms with Crippen molar-refractivity contribution in [3.8, 4) is 5.75 Å². The smallest absolute Gasteiger partial charge is 0.329 e. The zero-order chi connectivity index (χ0) is 19.3. The van der Waals surface area contributed by atoms with Crippen molar-refractivity contribution in [2.75, 3.05) is 11.5 Å². The Hall–Kier alpha value is -2.51. The Morgan fingerprint density at radius 1 is 1.25 bits per heavy atom. The molecule has 3 amide bonds. The molecule has 28 heavy (non-hydrogen) atoms. The van der Waals surface area contributed by atoms with Crippen LogP contribution in [-0.2, 0) is 11.2 Å². The van der Waals surface area contributed by atoms with Crippen molar-refractivity contribution in [1.29, 1.82) is 0 Å². The summed E-state index contributed by atoms with van der Waals surface area (Å²) in [6.07, 6.45) is 6.86. The third-order valence-corrected chi connectivity index (χ3v) is 6.72. The molecule has 3 aliphatic heterocycles. The third-order valence-electron chi connectivity index (χ3n) is 5.04. The highest BCUT2D eigenvalue weighted by molar-refractivity contribution is 8.09. The van der Waals surface area contributed by atoms with Gasteiger partial charge in [0.2, 0.25) is 0 Å². The van der Waals surface area contributed by atoms with Gasteiger partial charge >= 0.3 is 6.03 Å². The van der Waals surface area contributed by atoms with Crippen molar-refractivity contribution in [1.82, 2.24) is 10.3 Å². The fraction of sp³-hybridized carbons (Fsp3) is 0.250. The van der Waals surface area contributed by atoms with E-state index in [2.05, 4.69) is 10.3 Å². The molecule has 1 aromatic heterocycles. The lowest BCUT2D eigenvalue weighted by atomic mass is 10.1. The van der Waals surface area contributed by atoms with E-state index in [-0.39, 0.29) is 11.9 Å². The standard InChI is InChI=1S/C20H16ClN3O3S/c21-13-6-2-1-5-12(13)16-8-14-18(28-16)19(25)24(20(26)23-14)15-10-22-9-11-4-3-7-27-17(11)15/h1-2,5-6,8-10,14,18H,3-4,7H2,(H,23,26). The number of nitrogens with one attached hydrogen (secondary N) is 1. The van der Waals surface area contributed by atoms with E-state index in [4.69, 9.17) is 16.3 Å². The van der Waals surface area contributed by atoms with Gasteiger partial charge < -0.3 is 10.1 Å². The number of pyridine rings is 1. The lowest BCUT2D eigenvalue weighted by molar-refractivity contribution is -0.118. The van der Waals surface area contributed by atoms with Crippen LogP contribution in [0.3, 0.4) is 0 Å². The number of anilines is 1. The van der Waals surface area contributed by atoms with Crippen LogP contribution in [0.25, 0.3) is 4.91 Å². The Kier molecular flexibility index (Phi) is 4.29. The van der Waals surface area contributed by atoms with Gasteiger partial charge in [-0.3, -0.25) is 9.78 Å². The van der Waals surface area contributed by atoms with Crippen LogP contribution < -0.4 is 15.0 Å². The summed E-state index contributed by atoms with van der Waals surface area (Å²) >= 11 is 7.73. The highest BCUT2D eigenvalue weighted by atomic mass is 35.5. The van der Waals surface area contributed by atoms with E-state index >= 15 is 0 Å². The van der Waals surface area contributed by atoms with Gasteiger partial charge in [-0.1, -0.05) is 29.8 Å². The predicted molar refractivity (Wildman–Crippen MR) is 109 cm³/mol. The summed E-state index contributed by atoms with van der Waals surface area (Å²) in [7, 11) is 0. The maximum atomic E-state index is 13.3. The summed E-state index contributed by atoms with van der Waals surface area (Å²) < 4.78 is 5.77. The van der Waals surface area contributed by atoms with Crippen molar-refractivity contribution in [2.24, 2.45) is 0 Å². The maximum absolute atomic E-state index is 13.3. The molecule has 0 bridgehead atoms. The van der Waals surface area contributed by atoms with Gasteiger partial charge in [-0.2, -0.15) is 0 Å². The number of fused-ring (bicyclic) bond motifs is 2. The van der Waals surface area contributed by atoms with E-state index in [9.17, 15) is 9.59 Å². The quantitative estimate of drug-likeness (QED) is 0.813. The number of aryl methyl sites for hydroxylation is 1. The van der Waals surface area contributed by atoms with E-state index in [1.807, 2.05) is 30.3 Å². The van der Waals surface area contributed by atoms with Gasteiger partial charge in [-0.25, -0.2) is 9.69 Å². The van der Waals surface area contributed by atoms with Crippen LogP contribution in [0.2, 0.25) is 5.02 Å². The molecule has 0 aliphatic carbocycles. The SMILES string of the molecule is O=C1NC2C=C(c3ccccc3Cl)SC2C(=O)N1c1cncc2c1OCCC2. The van der Waals surface area contributed by atoms with Crippen molar-refractivity contribution in [2.45, 2.75) is 24.1 Å². The lowest BCUT2D eigenvalue weighted by Crippen LogP contribution is -2.60. The molecule has 0 spiro atoms. The topological polar surface area (TPSA) is 71.5 Å². The number of amides is 3. The zero-order valence-corrected chi connectivity index (χ0v) is 16.3. The second kappa shape index (κ2) is 6.83. The number of rotatable bonds is 2. The monoisotopic (exact) mass is 413 g/mol. The number of hydrogen-bond donors (Lipinski definition) is 1. The highest BCUT2D eigenvalue weighted by Gasteiger charge is 2.46. The molecule has 1 saturated heterocycles. The number of halogens is 1. The number of carbonyl (C=O) groups is 2. The molecule has 2 unspecified atom stereocenters. The highest BCUT2D eigenvalue weighted by Crippen LogP contribution is 2.45. The van der Waals surface area contributed by atoms with Gasteiger partial charge in [0, 0.05) is 27.3 Å². The molecular formula is C20H16ClN3O3S. The van der Waals surface area contributed by atoms with Crippen molar-refractivity contribution in [3.63, 3.8) is 0 Å². The Morgan fingerprint density at radius 2 is 2.11 bits per heavy atom. The van der Waals surface area contributed by atoms with Crippen LogP contribution >= 0.6 is 23.4 Å². The first-order chi connectivity index (χ1) is 13.6. The van der Waals surface area contributed by atoms with Crippen molar-refractivity contribution >= 4 is 45.9 Å². The Bertz CT molecular complexity index is 1030. The second-order valence-corrected chi connectivity index (χ2v) is 8.39. The zero-order valence-electron chi connectivity index (χ0n) is 14.7. The Labute approximate surface area is 170 Å². The first kappa shape index (κ1) is 17.6. The van der Waals surface area contributed by atoms with E-state index in [1.165, 1.54) is 18.0 Å². The number of hydrogen-bond acceptors (Lipinski definition) is 5. The number of benzene rings is 1. The Balaban J connectivity index is 1.48. The number of carbonyl (C=O) groups excluding carboxylic acids is 2. The minimum absolute atomic E-state index is 0.276. The molecule has 1 fully saturated rings. The Morgan fingerprint density at radius 3 is 2.96 bits per heavy atom. The van der Waals surface area contributed by atoms with Crippen LogP contribution in [0.5, 0.6) is 5.75 Å². The van der Waals surface area contributed by atoms with E-state index in [1.54, 1.807) is 6.20 Å². The fourth-order valence-corrected chi connectivity index (χ4v) is 5.32. The fourth-order valence-electron chi connectivity index (χ4n) is 3.72. The van der Waals surface area contributed by atoms with Crippen molar-refractivity contribution in [3.05, 3.63) is 58.9 Å². The molecular weight excluding hydrogens is 398 g/mol. The van der Waals surface area contributed by atoms with Crippen molar-refractivity contribution < 1.29 is 14.3 Å². The second-order valence-electron chi connectivity index (χ2n) is 6.80. The molecule has 2 atom stereocenters. The summed E-state index contributed by atoms with van der Waals surface area (Å²) in [4.78, 5) is 32.3. The largest absolute Gasteiger partial charge is 0.491 e. The van der Waals surface area contributed by atoms with Crippen LogP contribution in [0.15, 0.2) is 42.7 Å².